The van der Waals surface area contributed by atoms with Gasteiger partial charge in [0.15, 0.2) is 0 Å². The molecule has 0 bridgehead atoms. The van der Waals surface area contributed by atoms with Gasteiger partial charge in [-0.15, -0.1) is 0 Å². The van der Waals surface area contributed by atoms with Crippen LogP contribution in [-0.4, -0.2) is 44.4 Å². The first-order valence-corrected chi connectivity index (χ1v) is 6.37. The number of hydrogen-bond donors (Lipinski definition) is 1. The predicted molar refractivity (Wildman–Crippen MR) is 72.3 cm³/mol. The lowest BCUT2D eigenvalue weighted by Crippen LogP contribution is -2.43. The van der Waals surface area contributed by atoms with Gasteiger partial charge in [0.1, 0.15) is 0 Å². The number of rotatable bonds is 5. The molecule has 1 aromatic rings. The third-order valence-electron chi connectivity index (χ3n) is 2.91. The molecule has 20 heavy (non-hydrogen) atoms. The molecule has 1 heterocycles. The van der Waals surface area contributed by atoms with Crippen molar-refractivity contribution < 1.29 is 14.3 Å². The number of nitrogens with one attached hydrogen (secondary N) is 1. The molecule has 0 saturated carbocycles. The van der Waals surface area contributed by atoms with E-state index in [2.05, 4.69) is 15.3 Å². The molecular weight excluding hydrogens is 260 g/mol. The van der Waals surface area contributed by atoms with E-state index >= 15 is 0 Å². The SMILES string of the molecule is [N-]=[N+]=NC[C@@H]1CO[C@H](CNC(=O)c2ccccc2)CO1. The molecule has 7 nitrogen and oxygen atoms in total. The summed E-state index contributed by atoms with van der Waals surface area (Å²) in [6.07, 6.45) is -0.378. The molecule has 7 heteroatoms. The summed E-state index contributed by atoms with van der Waals surface area (Å²) in [6.45, 7) is 1.40. The summed E-state index contributed by atoms with van der Waals surface area (Å²) in [4.78, 5) is 14.5. The maximum atomic E-state index is 11.8. The smallest absolute Gasteiger partial charge is 0.251 e. The van der Waals surface area contributed by atoms with Crippen LogP contribution in [0.4, 0.5) is 0 Å². The Kier molecular flexibility index (Phi) is 5.37. The normalized spacial score (nSPS) is 21.8. The molecule has 1 N–H and O–H groups in total. The molecule has 1 saturated heterocycles. The van der Waals surface area contributed by atoms with Crippen LogP contribution in [-0.2, 0) is 9.47 Å². The van der Waals surface area contributed by atoms with Crippen LogP contribution in [0, 0.1) is 0 Å². The van der Waals surface area contributed by atoms with Crippen LogP contribution in [0.5, 0.6) is 0 Å². The van der Waals surface area contributed by atoms with Gasteiger partial charge in [-0.1, -0.05) is 23.3 Å². The van der Waals surface area contributed by atoms with Crippen molar-refractivity contribution in [2.24, 2.45) is 5.11 Å². The molecular formula is C13H16N4O3. The molecule has 1 amide bonds. The van der Waals surface area contributed by atoms with Crippen LogP contribution in [0.25, 0.3) is 10.4 Å². The Balaban J connectivity index is 1.71. The average Bonchev–Trinajstić information content (AvgIpc) is 2.52. The summed E-state index contributed by atoms with van der Waals surface area (Å²) in [5.74, 6) is -0.134. The highest BCUT2D eigenvalue weighted by Crippen LogP contribution is 2.07. The van der Waals surface area contributed by atoms with Gasteiger partial charge in [0.05, 0.1) is 32.0 Å². The van der Waals surface area contributed by atoms with Crippen LogP contribution in [0.2, 0.25) is 0 Å². The molecule has 0 unspecified atom stereocenters. The second-order valence-corrected chi connectivity index (χ2v) is 4.40. The molecule has 1 aliphatic rings. The Morgan fingerprint density at radius 1 is 1.30 bits per heavy atom. The summed E-state index contributed by atoms with van der Waals surface area (Å²) in [6, 6.07) is 9.00. The Morgan fingerprint density at radius 3 is 2.65 bits per heavy atom. The van der Waals surface area contributed by atoms with Gasteiger partial charge < -0.3 is 14.8 Å². The lowest BCUT2D eigenvalue weighted by atomic mass is 10.2. The second kappa shape index (κ2) is 7.49. The van der Waals surface area contributed by atoms with Crippen molar-refractivity contribution >= 4 is 5.91 Å². The Hall–Kier alpha value is -2.08. The lowest BCUT2D eigenvalue weighted by Gasteiger charge is -2.28. The van der Waals surface area contributed by atoms with Gasteiger partial charge in [-0.3, -0.25) is 4.79 Å². The highest BCUT2D eigenvalue weighted by Gasteiger charge is 2.22. The van der Waals surface area contributed by atoms with Crippen LogP contribution in [0.15, 0.2) is 35.4 Å². The van der Waals surface area contributed by atoms with Crippen LogP contribution in [0.3, 0.4) is 0 Å². The van der Waals surface area contributed by atoms with E-state index in [4.69, 9.17) is 15.0 Å². The minimum atomic E-state index is -0.202. The number of ether oxygens (including phenoxy) is 2. The van der Waals surface area contributed by atoms with Crippen molar-refractivity contribution in [2.45, 2.75) is 12.2 Å². The van der Waals surface area contributed by atoms with Gasteiger partial charge in [0.2, 0.25) is 0 Å². The quantitative estimate of drug-likeness (QED) is 0.501. The van der Waals surface area contributed by atoms with Gasteiger partial charge >= 0.3 is 0 Å². The molecule has 106 valence electrons. The van der Waals surface area contributed by atoms with E-state index in [1.165, 1.54) is 0 Å². The van der Waals surface area contributed by atoms with E-state index in [1.54, 1.807) is 12.1 Å². The number of azide groups is 1. The fraction of sp³-hybridized carbons (Fsp3) is 0.462. The zero-order valence-corrected chi connectivity index (χ0v) is 10.9. The molecule has 0 spiro atoms. The first-order valence-electron chi connectivity index (χ1n) is 6.37. The van der Waals surface area contributed by atoms with Crippen molar-refractivity contribution in [3.05, 3.63) is 46.3 Å². The highest BCUT2D eigenvalue weighted by molar-refractivity contribution is 5.94. The molecule has 1 fully saturated rings. The monoisotopic (exact) mass is 276 g/mol. The first-order chi connectivity index (χ1) is 9.79. The zero-order valence-electron chi connectivity index (χ0n) is 10.9. The topological polar surface area (TPSA) is 96.3 Å². The molecule has 2 atom stereocenters. The van der Waals surface area contributed by atoms with Crippen LogP contribution >= 0.6 is 0 Å². The summed E-state index contributed by atoms with van der Waals surface area (Å²) in [5.41, 5.74) is 8.83. The zero-order chi connectivity index (χ0) is 14.2. The standard InChI is InChI=1S/C13H16N4O3/c14-17-16-7-12-9-19-11(8-20-12)6-15-13(18)10-4-2-1-3-5-10/h1-5,11-12H,6-9H2,(H,15,18)/t11-,12-/m1/s1. The number of carbonyl (C=O) groups is 1. The van der Waals surface area contributed by atoms with E-state index in [-0.39, 0.29) is 24.7 Å². The van der Waals surface area contributed by atoms with Crippen molar-refractivity contribution in [3.8, 4) is 0 Å². The number of amides is 1. The van der Waals surface area contributed by atoms with Crippen molar-refractivity contribution in [3.63, 3.8) is 0 Å². The number of nitrogens with zero attached hydrogens (tertiary/aromatic N) is 3. The van der Waals surface area contributed by atoms with E-state index < -0.39 is 0 Å². The fourth-order valence-corrected chi connectivity index (χ4v) is 1.83. The summed E-state index contributed by atoms with van der Waals surface area (Å²) in [7, 11) is 0. The van der Waals surface area contributed by atoms with E-state index in [9.17, 15) is 4.79 Å². The lowest BCUT2D eigenvalue weighted by molar-refractivity contribution is -0.126. The van der Waals surface area contributed by atoms with Gasteiger partial charge in [-0.2, -0.15) is 0 Å². The van der Waals surface area contributed by atoms with Gasteiger partial charge in [0.25, 0.3) is 5.91 Å². The molecule has 1 aliphatic heterocycles. The Labute approximate surface area is 116 Å². The van der Waals surface area contributed by atoms with E-state index in [1.807, 2.05) is 18.2 Å². The molecule has 1 aromatic carbocycles. The minimum Gasteiger partial charge on any atom is -0.373 e. The molecule has 0 radical (unpaired) electrons. The van der Waals surface area contributed by atoms with Crippen molar-refractivity contribution in [2.75, 3.05) is 26.3 Å². The fourth-order valence-electron chi connectivity index (χ4n) is 1.83. The van der Waals surface area contributed by atoms with E-state index in [0.29, 0.717) is 25.3 Å². The van der Waals surface area contributed by atoms with Gasteiger partial charge in [-0.25, -0.2) is 0 Å². The maximum Gasteiger partial charge on any atom is 0.251 e. The van der Waals surface area contributed by atoms with Crippen LogP contribution < -0.4 is 5.32 Å². The Bertz CT molecular complexity index is 480. The summed E-state index contributed by atoms with van der Waals surface area (Å²) >= 11 is 0. The summed E-state index contributed by atoms with van der Waals surface area (Å²) < 4.78 is 11.0. The maximum absolute atomic E-state index is 11.8. The van der Waals surface area contributed by atoms with Crippen molar-refractivity contribution in [1.82, 2.24) is 5.32 Å². The number of hydrogen-bond acceptors (Lipinski definition) is 4. The average molecular weight is 276 g/mol. The van der Waals surface area contributed by atoms with Crippen molar-refractivity contribution in [1.29, 1.82) is 0 Å². The van der Waals surface area contributed by atoms with Crippen LogP contribution in [0.1, 0.15) is 10.4 Å². The van der Waals surface area contributed by atoms with Gasteiger partial charge in [0, 0.05) is 17.0 Å². The largest absolute Gasteiger partial charge is 0.373 e. The molecule has 2 rings (SSSR count). The summed E-state index contributed by atoms with van der Waals surface area (Å²) in [5, 5.41) is 6.24. The first kappa shape index (κ1) is 14.3. The predicted octanol–water partition coefficient (Wildman–Crippen LogP) is 1.51. The third-order valence-corrected chi connectivity index (χ3v) is 2.91. The van der Waals surface area contributed by atoms with Gasteiger partial charge in [-0.05, 0) is 17.7 Å². The highest BCUT2D eigenvalue weighted by atomic mass is 16.6. The Morgan fingerprint density at radius 2 is 2.00 bits per heavy atom. The number of carbonyl (C=O) groups excluding carboxylic acids is 1. The van der Waals surface area contributed by atoms with E-state index in [0.717, 1.165) is 0 Å². The molecule has 0 aromatic heterocycles. The third kappa shape index (κ3) is 4.24. The second-order valence-electron chi connectivity index (χ2n) is 4.40. The molecule has 0 aliphatic carbocycles. The number of benzene rings is 1. The minimum absolute atomic E-state index is 0.134.